The lowest BCUT2D eigenvalue weighted by atomic mass is 9.66. The maximum atomic E-state index is 12.5. The number of hydrogen-bond acceptors (Lipinski definition) is 4. The zero-order valence-electron chi connectivity index (χ0n) is 14.5. The van der Waals surface area contributed by atoms with Crippen molar-refractivity contribution in [2.75, 3.05) is 22.0 Å². The number of sulfonamides is 1. The molecule has 1 spiro atoms. The smallest absolute Gasteiger partial charge is 0.323 e. The molecule has 1 aromatic carbocycles. The number of anilines is 2. The first-order valence-corrected chi connectivity index (χ1v) is 10.2. The fourth-order valence-electron chi connectivity index (χ4n) is 4.07. The number of fused-ring (bicyclic) bond motifs is 2. The van der Waals surface area contributed by atoms with Crippen LogP contribution in [-0.2, 0) is 20.2 Å². The number of imide groups is 1. The van der Waals surface area contributed by atoms with Gasteiger partial charge in [-0.25, -0.2) is 18.1 Å². The molecule has 2 aliphatic heterocycles. The Morgan fingerprint density at radius 2 is 1.84 bits per heavy atom. The van der Waals surface area contributed by atoms with Crippen LogP contribution >= 0.6 is 0 Å². The summed E-state index contributed by atoms with van der Waals surface area (Å²) in [5.41, 5.74) is 0.899. The van der Waals surface area contributed by atoms with E-state index in [1.165, 1.54) is 10.6 Å². The van der Waals surface area contributed by atoms with Gasteiger partial charge in [-0.1, -0.05) is 12.5 Å². The highest BCUT2D eigenvalue weighted by atomic mass is 32.2. The molecule has 25 heavy (non-hydrogen) atoms. The van der Waals surface area contributed by atoms with E-state index in [0.29, 0.717) is 17.9 Å². The second-order valence-corrected chi connectivity index (χ2v) is 9.71. The fraction of sp³-hybridized carbons (Fsp3) is 0.529. The van der Waals surface area contributed by atoms with Gasteiger partial charge in [-0.05, 0) is 44.4 Å². The number of rotatable bonds is 2. The predicted octanol–water partition coefficient (Wildman–Crippen LogP) is 1.72. The molecule has 4 rings (SSSR count). The summed E-state index contributed by atoms with van der Waals surface area (Å²) in [7, 11) is -3.42. The van der Waals surface area contributed by atoms with Crippen LogP contribution in [0.25, 0.3) is 0 Å². The minimum atomic E-state index is -3.42. The lowest BCUT2D eigenvalue weighted by Crippen LogP contribution is -2.41. The third-order valence-corrected chi connectivity index (χ3v) is 6.72. The molecular weight excluding hydrogens is 342 g/mol. The Morgan fingerprint density at radius 3 is 2.32 bits per heavy atom. The van der Waals surface area contributed by atoms with Crippen LogP contribution in [0.4, 0.5) is 16.2 Å². The van der Waals surface area contributed by atoms with Crippen molar-refractivity contribution < 1.29 is 18.0 Å². The molecule has 0 atom stereocenters. The van der Waals surface area contributed by atoms with Gasteiger partial charge in [0.1, 0.15) is 5.54 Å². The van der Waals surface area contributed by atoms with Crippen LogP contribution in [0.5, 0.6) is 0 Å². The average molecular weight is 363 g/mol. The molecule has 0 radical (unpaired) electrons. The van der Waals surface area contributed by atoms with E-state index in [0.717, 1.165) is 29.7 Å². The van der Waals surface area contributed by atoms with Gasteiger partial charge >= 0.3 is 6.03 Å². The average Bonchev–Trinajstić information content (AvgIpc) is 2.90. The quantitative estimate of drug-likeness (QED) is 0.811. The summed E-state index contributed by atoms with van der Waals surface area (Å²) in [6, 6.07) is 4.78. The Labute approximate surface area is 147 Å². The standard InChI is InChI=1S/C17H21N3O4S/c1-16(2)14(21)20(15(22)18-16)11-5-6-12-13(9-11)19(25(3,23)24)10-17(12)7-4-8-17/h5-6,9H,4,7-8,10H2,1-3H3,(H,18,22). The molecular formula is C17H21N3O4S. The summed E-state index contributed by atoms with van der Waals surface area (Å²) in [4.78, 5) is 25.8. The maximum Gasteiger partial charge on any atom is 0.329 e. The number of carbonyl (C=O) groups is 2. The third-order valence-electron chi connectivity index (χ3n) is 5.60. The van der Waals surface area contributed by atoms with Gasteiger partial charge in [0.05, 0.1) is 17.6 Å². The monoisotopic (exact) mass is 363 g/mol. The fourth-order valence-corrected chi connectivity index (χ4v) is 5.06. The lowest BCUT2D eigenvalue weighted by Gasteiger charge is -2.38. The van der Waals surface area contributed by atoms with Crippen LogP contribution < -0.4 is 14.5 Å². The van der Waals surface area contributed by atoms with Crippen molar-refractivity contribution >= 4 is 33.3 Å². The molecule has 3 aliphatic rings. The Kier molecular flexibility index (Phi) is 3.11. The van der Waals surface area contributed by atoms with Gasteiger partial charge in [0.15, 0.2) is 0 Å². The normalized spacial score (nSPS) is 23.6. The van der Waals surface area contributed by atoms with Gasteiger partial charge in [-0.3, -0.25) is 9.10 Å². The summed E-state index contributed by atoms with van der Waals surface area (Å²) >= 11 is 0. The Hall–Kier alpha value is -2.09. The molecule has 1 aromatic rings. The van der Waals surface area contributed by atoms with Gasteiger partial charge in [0.2, 0.25) is 10.0 Å². The van der Waals surface area contributed by atoms with Crippen LogP contribution in [0, 0.1) is 0 Å². The largest absolute Gasteiger partial charge is 0.329 e. The number of urea groups is 1. The predicted molar refractivity (Wildman–Crippen MR) is 94.3 cm³/mol. The minimum Gasteiger partial charge on any atom is -0.323 e. The van der Waals surface area contributed by atoms with E-state index in [-0.39, 0.29) is 11.3 Å². The molecule has 0 bridgehead atoms. The minimum absolute atomic E-state index is 0.118. The second-order valence-electron chi connectivity index (χ2n) is 7.80. The first-order valence-electron chi connectivity index (χ1n) is 8.34. The van der Waals surface area contributed by atoms with Crippen LogP contribution in [0.3, 0.4) is 0 Å². The van der Waals surface area contributed by atoms with Gasteiger partial charge in [0.25, 0.3) is 5.91 Å². The van der Waals surface area contributed by atoms with Gasteiger partial charge in [0, 0.05) is 12.0 Å². The first kappa shape index (κ1) is 16.4. The van der Waals surface area contributed by atoms with Gasteiger partial charge in [-0.2, -0.15) is 0 Å². The van der Waals surface area contributed by atoms with E-state index >= 15 is 0 Å². The van der Waals surface area contributed by atoms with Crippen LogP contribution in [-0.4, -0.2) is 38.7 Å². The van der Waals surface area contributed by atoms with Crippen molar-refractivity contribution in [1.29, 1.82) is 0 Å². The van der Waals surface area contributed by atoms with E-state index in [1.807, 2.05) is 6.07 Å². The zero-order valence-corrected chi connectivity index (χ0v) is 15.3. The molecule has 1 N–H and O–H groups in total. The number of benzene rings is 1. The molecule has 2 heterocycles. The van der Waals surface area contributed by atoms with Gasteiger partial charge < -0.3 is 5.32 Å². The Balaban J connectivity index is 1.82. The van der Waals surface area contributed by atoms with Crippen molar-refractivity contribution in [3.63, 3.8) is 0 Å². The molecule has 2 fully saturated rings. The van der Waals surface area contributed by atoms with Crippen molar-refractivity contribution in [2.24, 2.45) is 0 Å². The molecule has 0 aromatic heterocycles. The number of nitrogens with one attached hydrogen (secondary N) is 1. The lowest BCUT2D eigenvalue weighted by molar-refractivity contribution is -0.121. The molecule has 1 aliphatic carbocycles. The summed E-state index contributed by atoms with van der Waals surface area (Å²) < 4.78 is 25.9. The van der Waals surface area contributed by atoms with Crippen LogP contribution in [0.1, 0.15) is 38.7 Å². The van der Waals surface area contributed by atoms with Gasteiger partial charge in [-0.15, -0.1) is 0 Å². The van der Waals surface area contributed by atoms with Crippen LogP contribution in [0.15, 0.2) is 18.2 Å². The Bertz CT molecular complexity index is 902. The number of carbonyl (C=O) groups excluding carboxylic acids is 2. The van der Waals surface area contributed by atoms with Crippen LogP contribution in [0.2, 0.25) is 0 Å². The summed E-state index contributed by atoms with van der Waals surface area (Å²) in [5.74, 6) is -0.347. The van der Waals surface area contributed by atoms with Crippen molar-refractivity contribution in [3.05, 3.63) is 23.8 Å². The number of amides is 3. The molecule has 134 valence electrons. The summed E-state index contributed by atoms with van der Waals surface area (Å²) in [6.07, 6.45) is 4.20. The van der Waals surface area contributed by atoms with E-state index in [4.69, 9.17) is 0 Å². The van der Waals surface area contributed by atoms with E-state index in [9.17, 15) is 18.0 Å². The third kappa shape index (κ3) is 2.19. The van der Waals surface area contributed by atoms with E-state index < -0.39 is 21.6 Å². The number of hydrogen-bond donors (Lipinski definition) is 1. The summed E-state index contributed by atoms with van der Waals surface area (Å²) in [6.45, 7) is 3.73. The second kappa shape index (κ2) is 4.75. The van der Waals surface area contributed by atoms with E-state index in [1.54, 1.807) is 26.0 Å². The highest BCUT2D eigenvalue weighted by molar-refractivity contribution is 7.92. The van der Waals surface area contributed by atoms with Crippen molar-refractivity contribution in [3.8, 4) is 0 Å². The van der Waals surface area contributed by atoms with Crippen molar-refractivity contribution in [2.45, 2.75) is 44.1 Å². The molecule has 1 saturated heterocycles. The Morgan fingerprint density at radius 1 is 1.16 bits per heavy atom. The molecule has 7 nitrogen and oxygen atoms in total. The molecule has 1 saturated carbocycles. The number of nitrogens with zero attached hydrogens (tertiary/aromatic N) is 2. The topological polar surface area (TPSA) is 86.8 Å². The van der Waals surface area contributed by atoms with E-state index in [2.05, 4.69) is 5.32 Å². The molecule has 0 unspecified atom stereocenters. The summed E-state index contributed by atoms with van der Waals surface area (Å²) in [5, 5.41) is 2.64. The van der Waals surface area contributed by atoms with Crippen molar-refractivity contribution in [1.82, 2.24) is 5.32 Å². The molecule has 8 heteroatoms. The molecule has 3 amide bonds. The SMILES string of the molecule is CC1(C)NC(=O)N(c2ccc3c(c2)N(S(C)(=O)=O)CC32CCC2)C1=O. The highest BCUT2D eigenvalue weighted by Gasteiger charge is 2.50. The first-order chi connectivity index (χ1) is 11.6. The highest BCUT2D eigenvalue weighted by Crippen LogP contribution is 2.54. The zero-order chi connectivity index (χ0) is 18.2. The maximum absolute atomic E-state index is 12.5.